The largest absolute Gasteiger partial charge is 0.496 e. The number of nitrogens with zero attached hydrogens (tertiary/aromatic N) is 2. The summed E-state index contributed by atoms with van der Waals surface area (Å²) in [5, 5.41) is 0. The van der Waals surface area contributed by atoms with E-state index >= 15 is 0 Å². The summed E-state index contributed by atoms with van der Waals surface area (Å²) >= 11 is 0. The van der Waals surface area contributed by atoms with Crippen LogP contribution < -0.4 is 4.74 Å². The fourth-order valence-corrected chi connectivity index (χ4v) is 3.83. The molecule has 0 saturated carbocycles. The van der Waals surface area contributed by atoms with Crippen molar-refractivity contribution < 1.29 is 17.9 Å². The van der Waals surface area contributed by atoms with Gasteiger partial charge in [-0.2, -0.15) is 13.2 Å². The summed E-state index contributed by atoms with van der Waals surface area (Å²) < 4.78 is 42.0. The maximum absolute atomic E-state index is 12.2. The Balaban J connectivity index is 0.000000216. The molecular formula is C24H31F3N2O. The van der Waals surface area contributed by atoms with E-state index in [1.54, 1.807) is 14.0 Å². The van der Waals surface area contributed by atoms with E-state index in [1.165, 1.54) is 30.2 Å². The highest BCUT2D eigenvalue weighted by molar-refractivity contribution is 5.41. The Kier molecular flexibility index (Phi) is 8.33. The van der Waals surface area contributed by atoms with E-state index in [1.807, 2.05) is 19.2 Å². The molecule has 2 heterocycles. The molecule has 0 spiro atoms. The molecule has 2 aromatic rings. The summed E-state index contributed by atoms with van der Waals surface area (Å²) in [4.78, 5) is 5.73. The van der Waals surface area contributed by atoms with Crippen molar-refractivity contribution in [3.8, 4) is 5.75 Å². The van der Waals surface area contributed by atoms with Gasteiger partial charge in [0.2, 0.25) is 0 Å². The third-order valence-corrected chi connectivity index (χ3v) is 5.46. The molecule has 1 aliphatic rings. The highest BCUT2D eigenvalue weighted by Gasteiger charge is 2.32. The first-order valence-corrected chi connectivity index (χ1v) is 10.3. The van der Waals surface area contributed by atoms with Crippen LogP contribution in [0.25, 0.3) is 0 Å². The number of benzene rings is 1. The normalized spacial score (nSPS) is 16.1. The van der Waals surface area contributed by atoms with Crippen LogP contribution in [0.15, 0.2) is 43.2 Å². The van der Waals surface area contributed by atoms with Crippen LogP contribution in [0.5, 0.6) is 5.75 Å². The number of hydrogen-bond donors (Lipinski definition) is 0. The minimum absolute atomic E-state index is 0.479. The van der Waals surface area contributed by atoms with Crippen LogP contribution in [-0.4, -0.2) is 23.5 Å². The van der Waals surface area contributed by atoms with E-state index in [-0.39, 0.29) is 0 Å². The second kappa shape index (κ2) is 10.5. The number of pyridine rings is 1. The summed E-state index contributed by atoms with van der Waals surface area (Å²) in [5.74, 6) is 0.980. The van der Waals surface area contributed by atoms with Crippen molar-refractivity contribution in [1.29, 1.82) is 0 Å². The third-order valence-electron chi connectivity index (χ3n) is 5.46. The average Bonchev–Trinajstić information content (AvgIpc) is 3.18. The monoisotopic (exact) mass is 420 g/mol. The number of aryl methyl sites for hydroxylation is 2. The van der Waals surface area contributed by atoms with Gasteiger partial charge in [-0.3, -0.25) is 4.98 Å². The van der Waals surface area contributed by atoms with Gasteiger partial charge in [-0.25, -0.2) is 0 Å². The Labute approximate surface area is 177 Å². The van der Waals surface area contributed by atoms with E-state index < -0.39 is 11.9 Å². The summed E-state index contributed by atoms with van der Waals surface area (Å²) in [6.07, 6.45) is 3.08. The summed E-state index contributed by atoms with van der Waals surface area (Å²) in [5.41, 5.74) is 3.37. The van der Waals surface area contributed by atoms with Crippen LogP contribution in [0.2, 0.25) is 0 Å². The molecule has 6 heteroatoms. The van der Waals surface area contributed by atoms with E-state index in [0.717, 1.165) is 36.8 Å². The van der Waals surface area contributed by atoms with Gasteiger partial charge in [0.05, 0.1) is 13.2 Å². The standard InChI is InChI=1S/C14H19NO.C10H12F3N/c1-4-15-10-6-8-13(15)12-7-5-9-14(16-3)11(12)2;1-3-4-8-6-14-9(5-7(8)2)10(11,12)13/h4-5,7,9,13H,1,6,8,10H2,2-3H3;5-6H,3-4H2,1-2H3. The number of alkyl halides is 3. The fraction of sp³-hybridized carbons (Fsp3) is 0.458. The third kappa shape index (κ3) is 5.77. The molecule has 3 nitrogen and oxygen atoms in total. The van der Waals surface area contributed by atoms with Crippen LogP contribution in [-0.2, 0) is 12.6 Å². The lowest BCUT2D eigenvalue weighted by atomic mass is 9.99. The lowest BCUT2D eigenvalue weighted by molar-refractivity contribution is -0.141. The van der Waals surface area contributed by atoms with Gasteiger partial charge in [0.15, 0.2) is 0 Å². The first-order chi connectivity index (χ1) is 14.2. The predicted molar refractivity (Wildman–Crippen MR) is 115 cm³/mol. The van der Waals surface area contributed by atoms with Crippen molar-refractivity contribution in [3.05, 3.63) is 71.2 Å². The molecule has 0 radical (unpaired) electrons. The van der Waals surface area contributed by atoms with Crippen LogP contribution >= 0.6 is 0 Å². The SMILES string of the molecule is C=CN1CCCC1c1cccc(OC)c1C.CCCc1cnc(C(F)(F)F)cc1C. The number of ether oxygens (including phenoxy) is 1. The van der Waals surface area contributed by atoms with Gasteiger partial charge >= 0.3 is 6.18 Å². The summed E-state index contributed by atoms with van der Waals surface area (Å²) in [7, 11) is 1.73. The zero-order valence-electron chi connectivity index (χ0n) is 18.2. The Bertz CT molecular complexity index is 849. The number of methoxy groups -OCH3 is 1. The second-order valence-corrected chi connectivity index (χ2v) is 7.50. The zero-order valence-corrected chi connectivity index (χ0v) is 18.2. The van der Waals surface area contributed by atoms with Crippen molar-refractivity contribution in [2.24, 2.45) is 0 Å². The fourth-order valence-electron chi connectivity index (χ4n) is 3.83. The minimum Gasteiger partial charge on any atom is -0.496 e. The van der Waals surface area contributed by atoms with Gasteiger partial charge in [-0.05, 0) is 73.7 Å². The number of rotatable bonds is 5. The number of aromatic nitrogens is 1. The second-order valence-electron chi connectivity index (χ2n) is 7.50. The van der Waals surface area contributed by atoms with Gasteiger partial charge in [0, 0.05) is 12.7 Å². The smallest absolute Gasteiger partial charge is 0.433 e. The highest BCUT2D eigenvalue weighted by Crippen LogP contribution is 2.36. The molecule has 0 bridgehead atoms. The Morgan fingerprint density at radius 1 is 1.30 bits per heavy atom. The summed E-state index contributed by atoms with van der Waals surface area (Å²) in [6.45, 7) is 10.8. The van der Waals surface area contributed by atoms with Crippen LogP contribution in [0, 0.1) is 13.8 Å². The van der Waals surface area contributed by atoms with Gasteiger partial charge in [0.25, 0.3) is 0 Å². The van der Waals surface area contributed by atoms with Crippen molar-refractivity contribution >= 4 is 0 Å². The van der Waals surface area contributed by atoms with E-state index in [2.05, 4.69) is 35.5 Å². The average molecular weight is 421 g/mol. The van der Waals surface area contributed by atoms with Crippen LogP contribution in [0.3, 0.4) is 0 Å². The lowest BCUT2D eigenvalue weighted by Gasteiger charge is -2.24. The topological polar surface area (TPSA) is 25.4 Å². The van der Waals surface area contributed by atoms with E-state index in [9.17, 15) is 13.2 Å². The minimum atomic E-state index is -4.34. The molecule has 0 N–H and O–H groups in total. The van der Waals surface area contributed by atoms with Crippen molar-refractivity contribution in [3.63, 3.8) is 0 Å². The van der Waals surface area contributed by atoms with Crippen molar-refractivity contribution in [2.45, 2.75) is 58.7 Å². The van der Waals surface area contributed by atoms with E-state index in [0.29, 0.717) is 11.6 Å². The van der Waals surface area contributed by atoms with Crippen molar-refractivity contribution in [2.75, 3.05) is 13.7 Å². The molecule has 3 rings (SSSR count). The van der Waals surface area contributed by atoms with Gasteiger partial charge < -0.3 is 9.64 Å². The quantitative estimate of drug-likeness (QED) is 0.542. The number of halogens is 3. The van der Waals surface area contributed by atoms with Crippen molar-refractivity contribution in [1.82, 2.24) is 9.88 Å². The number of hydrogen-bond acceptors (Lipinski definition) is 3. The molecule has 164 valence electrons. The lowest BCUT2D eigenvalue weighted by Crippen LogP contribution is -2.17. The molecule has 1 fully saturated rings. The highest BCUT2D eigenvalue weighted by atomic mass is 19.4. The van der Waals surface area contributed by atoms with Crippen LogP contribution in [0.1, 0.15) is 60.2 Å². The molecule has 0 amide bonds. The molecular weight excluding hydrogens is 389 g/mol. The summed E-state index contributed by atoms with van der Waals surface area (Å²) in [6, 6.07) is 7.87. The molecule has 1 aromatic carbocycles. The maximum atomic E-state index is 12.2. The Morgan fingerprint density at radius 3 is 2.60 bits per heavy atom. The molecule has 1 aromatic heterocycles. The maximum Gasteiger partial charge on any atom is 0.433 e. The Hall–Kier alpha value is -2.50. The first-order valence-electron chi connectivity index (χ1n) is 10.3. The molecule has 30 heavy (non-hydrogen) atoms. The van der Waals surface area contributed by atoms with Gasteiger partial charge in [-0.15, -0.1) is 0 Å². The molecule has 1 aliphatic heterocycles. The van der Waals surface area contributed by atoms with Crippen LogP contribution in [0.4, 0.5) is 13.2 Å². The zero-order chi connectivity index (χ0) is 22.3. The van der Waals surface area contributed by atoms with Gasteiger partial charge in [0.1, 0.15) is 11.4 Å². The molecule has 1 atom stereocenters. The molecule has 1 saturated heterocycles. The van der Waals surface area contributed by atoms with E-state index in [4.69, 9.17) is 4.74 Å². The number of likely N-dealkylation sites (tertiary alicyclic amines) is 1. The molecule has 1 unspecified atom stereocenters. The molecule has 0 aliphatic carbocycles. The first kappa shape index (κ1) is 23.8. The Morgan fingerprint density at radius 2 is 2.03 bits per heavy atom. The predicted octanol–water partition coefficient (Wildman–Crippen LogP) is 6.65. The van der Waals surface area contributed by atoms with Gasteiger partial charge in [-0.1, -0.05) is 32.1 Å².